The highest BCUT2D eigenvalue weighted by Crippen LogP contribution is 2.37. The fourth-order valence-corrected chi connectivity index (χ4v) is 5.19. The van der Waals surface area contributed by atoms with Crippen LogP contribution in [-0.4, -0.2) is 0 Å². The van der Waals surface area contributed by atoms with Crippen LogP contribution < -0.4 is 0 Å². The second kappa shape index (κ2) is 11.3. The summed E-state index contributed by atoms with van der Waals surface area (Å²) in [4.78, 5) is 0. The molecule has 1 aliphatic rings. The molecule has 0 aliphatic heterocycles. The average molecular weight is 440 g/mol. The van der Waals surface area contributed by atoms with Crippen LogP contribution in [0.1, 0.15) is 80.0 Å². The van der Waals surface area contributed by atoms with E-state index in [1.165, 1.54) is 56.1 Å². The maximum absolute atomic E-state index is 14.7. The van der Waals surface area contributed by atoms with Crippen molar-refractivity contribution < 1.29 is 4.39 Å². The number of unbranched alkanes of at least 4 members (excludes halogenated alkanes) is 1. The Morgan fingerprint density at radius 1 is 0.848 bits per heavy atom. The summed E-state index contributed by atoms with van der Waals surface area (Å²) in [7, 11) is 0. The standard InChI is InChI=1S/C31H34FN/c1-2-3-4-23-7-14-27(15-8-23)28-16-9-24(10-17-28)5-6-25-13-20-30(31(32)21-25)29-18-11-26(22-33)12-19-29/h9-13,16-21,23,27H,2-8,14-15H2,1H3/t23-,27-. The highest BCUT2D eigenvalue weighted by atomic mass is 19.1. The molecule has 0 bridgehead atoms. The van der Waals surface area contributed by atoms with Crippen molar-refractivity contribution in [3.8, 4) is 17.2 Å². The van der Waals surface area contributed by atoms with Gasteiger partial charge in [-0.15, -0.1) is 0 Å². The third kappa shape index (κ3) is 6.11. The Morgan fingerprint density at radius 2 is 1.52 bits per heavy atom. The molecule has 1 aliphatic carbocycles. The van der Waals surface area contributed by atoms with Crippen LogP contribution in [0.5, 0.6) is 0 Å². The lowest BCUT2D eigenvalue weighted by Gasteiger charge is -2.29. The number of nitriles is 1. The molecule has 1 fully saturated rings. The molecule has 33 heavy (non-hydrogen) atoms. The summed E-state index contributed by atoms with van der Waals surface area (Å²) in [6.45, 7) is 2.29. The van der Waals surface area contributed by atoms with Gasteiger partial charge in [-0.25, -0.2) is 4.39 Å². The first-order valence-electron chi connectivity index (χ1n) is 12.5. The molecule has 170 valence electrons. The van der Waals surface area contributed by atoms with Crippen LogP contribution in [-0.2, 0) is 12.8 Å². The van der Waals surface area contributed by atoms with Crippen LogP contribution in [0, 0.1) is 23.1 Å². The van der Waals surface area contributed by atoms with Gasteiger partial charge in [0.05, 0.1) is 11.6 Å². The molecule has 0 radical (unpaired) electrons. The van der Waals surface area contributed by atoms with Crippen molar-refractivity contribution in [1.82, 2.24) is 0 Å². The molecule has 0 spiro atoms. The van der Waals surface area contributed by atoms with Gasteiger partial charge in [0, 0.05) is 5.56 Å². The van der Waals surface area contributed by atoms with E-state index in [1.54, 1.807) is 30.3 Å². The number of nitrogens with zero attached hydrogens (tertiary/aromatic N) is 1. The first-order chi connectivity index (χ1) is 16.2. The number of rotatable bonds is 8. The van der Waals surface area contributed by atoms with Crippen LogP contribution in [0.15, 0.2) is 66.7 Å². The minimum atomic E-state index is -0.206. The zero-order valence-electron chi connectivity index (χ0n) is 19.7. The number of hydrogen-bond acceptors (Lipinski definition) is 1. The van der Waals surface area contributed by atoms with E-state index in [4.69, 9.17) is 5.26 Å². The fraction of sp³-hybridized carbons (Fsp3) is 0.387. The van der Waals surface area contributed by atoms with E-state index < -0.39 is 0 Å². The van der Waals surface area contributed by atoms with Gasteiger partial charge in [-0.05, 0) is 90.8 Å². The number of halogens is 1. The lowest BCUT2D eigenvalue weighted by atomic mass is 9.77. The predicted octanol–water partition coefficient (Wildman–Crippen LogP) is 8.61. The molecule has 0 heterocycles. The predicted molar refractivity (Wildman–Crippen MR) is 135 cm³/mol. The first kappa shape index (κ1) is 23.2. The van der Waals surface area contributed by atoms with E-state index in [9.17, 15) is 4.39 Å². The lowest BCUT2D eigenvalue weighted by molar-refractivity contribution is 0.304. The second-order valence-electron chi connectivity index (χ2n) is 9.60. The molecule has 4 rings (SSSR count). The molecule has 0 atom stereocenters. The zero-order chi connectivity index (χ0) is 23.0. The van der Waals surface area contributed by atoms with Gasteiger partial charge in [-0.2, -0.15) is 5.26 Å². The number of benzene rings is 3. The van der Waals surface area contributed by atoms with E-state index >= 15 is 0 Å². The first-order valence-corrected chi connectivity index (χ1v) is 12.5. The molecular formula is C31H34FN. The second-order valence-corrected chi connectivity index (χ2v) is 9.60. The van der Waals surface area contributed by atoms with Gasteiger partial charge in [-0.3, -0.25) is 0 Å². The van der Waals surface area contributed by atoms with Crippen LogP contribution in [0.4, 0.5) is 4.39 Å². The molecule has 1 nitrogen and oxygen atoms in total. The van der Waals surface area contributed by atoms with Crippen LogP contribution in [0.2, 0.25) is 0 Å². The Morgan fingerprint density at radius 3 is 2.15 bits per heavy atom. The lowest BCUT2D eigenvalue weighted by Crippen LogP contribution is -2.13. The Kier molecular flexibility index (Phi) is 7.95. The Balaban J connectivity index is 1.31. The van der Waals surface area contributed by atoms with E-state index in [1.807, 2.05) is 12.1 Å². The molecule has 3 aromatic rings. The quantitative estimate of drug-likeness (QED) is 0.345. The summed E-state index contributed by atoms with van der Waals surface area (Å²) < 4.78 is 14.7. The summed E-state index contributed by atoms with van der Waals surface area (Å²) in [6.07, 6.45) is 11.3. The summed E-state index contributed by atoms with van der Waals surface area (Å²) in [5, 5.41) is 8.94. The smallest absolute Gasteiger partial charge is 0.131 e. The molecule has 0 aromatic heterocycles. The van der Waals surface area contributed by atoms with Crippen LogP contribution in [0.3, 0.4) is 0 Å². The third-order valence-corrected chi connectivity index (χ3v) is 7.32. The summed E-state index contributed by atoms with van der Waals surface area (Å²) in [5.74, 6) is 1.46. The Labute approximate surface area is 198 Å². The summed E-state index contributed by atoms with van der Waals surface area (Å²) >= 11 is 0. The van der Waals surface area contributed by atoms with Gasteiger partial charge in [-0.1, -0.05) is 74.7 Å². The van der Waals surface area contributed by atoms with E-state index in [2.05, 4.69) is 37.3 Å². The highest BCUT2D eigenvalue weighted by molar-refractivity contribution is 5.65. The summed E-state index contributed by atoms with van der Waals surface area (Å²) in [5.41, 5.74) is 5.78. The molecule has 0 N–H and O–H groups in total. The van der Waals surface area contributed by atoms with Crippen molar-refractivity contribution in [2.75, 3.05) is 0 Å². The maximum Gasteiger partial charge on any atom is 0.131 e. The largest absolute Gasteiger partial charge is 0.206 e. The van der Waals surface area contributed by atoms with E-state index in [0.717, 1.165) is 35.8 Å². The Hall–Kier alpha value is -2.92. The Bertz CT molecular complexity index is 1070. The maximum atomic E-state index is 14.7. The SMILES string of the molecule is CCCC[C@H]1CC[C@H](c2ccc(CCc3ccc(-c4ccc(C#N)cc4)c(F)c3)cc2)CC1. The van der Waals surface area contributed by atoms with Gasteiger partial charge >= 0.3 is 0 Å². The van der Waals surface area contributed by atoms with Gasteiger partial charge in [0.1, 0.15) is 5.82 Å². The van der Waals surface area contributed by atoms with Crippen molar-refractivity contribution in [1.29, 1.82) is 5.26 Å². The minimum absolute atomic E-state index is 0.206. The van der Waals surface area contributed by atoms with Gasteiger partial charge < -0.3 is 0 Å². The zero-order valence-corrected chi connectivity index (χ0v) is 19.7. The van der Waals surface area contributed by atoms with E-state index in [-0.39, 0.29) is 5.82 Å². The number of hydrogen-bond donors (Lipinski definition) is 0. The summed E-state index contributed by atoms with van der Waals surface area (Å²) in [6, 6.07) is 23.8. The molecule has 0 amide bonds. The average Bonchev–Trinajstić information content (AvgIpc) is 2.87. The molecule has 3 aromatic carbocycles. The van der Waals surface area contributed by atoms with E-state index in [0.29, 0.717) is 11.1 Å². The van der Waals surface area contributed by atoms with Gasteiger partial charge in [0.15, 0.2) is 0 Å². The van der Waals surface area contributed by atoms with Crippen molar-refractivity contribution in [3.63, 3.8) is 0 Å². The number of aryl methyl sites for hydroxylation is 2. The monoisotopic (exact) mass is 439 g/mol. The van der Waals surface area contributed by atoms with Crippen molar-refractivity contribution >= 4 is 0 Å². The van der Waals surface area contributed by atoms with Crippen molar-refractivity contribution in [2.45, 2.75) is 70.6 Å². The normalized spacial score (nSPS) is 18.1. The molecule has 0 saturated heterocycles. The highest BCUT2D eigenvalue weighted by Gasteiger charge is 2.21. The van der Waals surface area contributed by atoms with Crippen LogP contribution in [0.25, 0.3) is 11.1 Å². The van der Waals surface area contributed by atoms with Crippen molar-refractivity contribution in [2.24, 2.45) is 5.92 Å². The third-order valence-electron chi connectivity index (χ3n) is 7.32. The minimum Gasteiger partial charge on any atom is -0.206 e. The van der Waals surface area contributed by atoms with Gasteiger partial charge in [0.25, 0.3) is 0 Å². The molecule has 0 unspecified atom stereocenters. The van der Waals surface area contributed by atoms with Crippen molar-refractivity contribution in [3.05, 3.63) is 94.8 Å². The fourth-order valence-electron chi connectivity index (χ4n) is 5.19. The van der Waals surface area contributed by atoms with Gasteiger partial charge in [0.2, 0.25) is 0 Å². The molecule has 1 saturated carbocycles. The van der Waals surface area contributed by atoms with Crippen LogP contribution >= 0.6 is 0 Å². The molecule has 2 heteroatoms. The molecular weight excluding hydrogens is 405 g/mol. The topological polar surface area (TPSA) is 23.8 Å².